The predicted molar refractivity (Wildman–Crippen MR) is 84.2 cm³/mol. The van der Waals surface area contributed by atoms with Crippen LogP contribution in [-0.4, -0.2) is 28.0 Å². The fourth-order valence-corrected chi connectivity index (χ4v) is 2.79. The van der Waals surface area contributed by atoms with E-state index in [0.717, 1.165) is 31.0 Å². The molecule has 0 unspecified atom stereocenters. The molecule has 0 fully saturated rings. The lowest BCUT2D eigenvalue weighted by Gasteiger charge is -2.22. The van der Waals surface area contributed by atoms with Crippen LogP contribution in [0.5, 0.6) is 0 Å². The highest BCUT2D eigenvalue weighted by Crippen LogP contribution is 2.26. The van der Waals surface area contributed by atoms with Gasteiger partial charge in [0.25, 0.3) is 0 Å². The maximum absolute atomic E-state index is 11.9. The van der Waals surface area contributed by atoms with Gasteiger partial charge in [-0.2, -0.15) is 0 Å². The molecule has 0 aliphatic carbocycles. The number of nitrogens with zero attached hydrogens (tertiary/aromatic N) is 2. The molecule has 1 aromatic rings. The zero-order valence-electron chi connectivity index (χ0n) is 13.9. The average molecular weight is 292 g/mol. The first-order chi connectivity index (χ1) is 9.79. The van der Waals surface area contributed by atoms with Gasteiger partial charge < -0.3 is 15.2 Å². The van der Waals surface area contributed by atoms with Gasteiger partial charge in [-0.15, -0.1) is 0 Å². The monoisotopic (exact) mass is 292 g/mol. The fraction of sp³-hybridized carbons (Fsp3) is 0.750. The van der Waals surface area contributed by atoms with Gasteiger partial charge in [0, 0.05) is 49.6 Å². The number of fused-ring (bicyclic) bond motifs is 1. The van der Waals surface area contributed by atoms with Crippen molar-refractivity contribution in [3.05, 3.63) is 17.2 Å². The van der Waals surface area contributed by atoms with Gasteiger partial charge in [-0.25, -0.2) is 4.98 Å². The van der Waals surface area contributed by atoms with Crippen molar-refractivity contribution in [3.8, 4) is 0 Å². The predicted octanol–water partition coefficient (Wildman–Crippen LogP) is 1.74. The Morgan fingerprint density at radius 1 is 1.43 bits per heavy atom. The topological polar surface area (TPSA) is 59.0 Å². The number of hydrogen-bond donors (Lipinski definition) is 2. The molecule has 1 aliphatic heterocycles. The molecule has 0 spiro atoms. The van der Waals surface area contributed by atoms with Crippen molar-refractivity contribution in [1.29, 1.82) is 0 Å². The van der Waals surface area contributed by atoms with Crippen molar-refractivity contribution in [3.63, 3.8) is 0 Å². The molecule has 1 amide bonds. The lowest BCUT2D eigenvalue weighted by Crippen LogP contribution is -2.32. The minimum atomic E-state index is -0.00807. The maximum Gasteiger partial charge on any atom is 0.221 e. The Morgan fingerprint density at radius 3 is 2.76 bits per heavy atom. The van der Waals surface area contributed by atoms with E-state index in [-0.39, 0.29) is 17.4 Å². The Labute approximate surface area is 127 Å². The molecule has 2 rings (SSSR count). The van der Waals surface area contributed by atoms with Gasteiger partial charge >= 0.3 is 0 Å². The molecule has 0 saturated heterocycles. The summed E-state index contributed by atoms with van der Waals surface area (Å²) in [6.45, 7) is 13.1. The van der Waals surface area contributed by atoms with Crippen LogP contribution in [0.4, 0.5) is 0 Å². The summed E-state index contributed by atoms with van der Waals surface area (Å²) >= 11 is 0. The molecule has 21 heavy (non-hydrogen) atoms. The van der Waals surface area contributed by atoms with Crippen molar-refractivity contribution in [2.45, 2.75) is 72.0 Å². The van der Waals surface area contributed by atoms with Gasteiger partial charge in [-0.3, -0.25) is 4.79 Å². The largest absolute Gasteiger partial charge is 0.354 e. The Bertz CT molecular complexity index is 511. The highest BCUT2D eigenvalue weighted by molar-refractivity contribution is 5.76. The molecule has 5 heteroatoms. The third-order valence-electron chi connectivity index (χ3n) is 3.67. The summed E-state index contributed by atoms with van der Waals surface area (Å²) in [4.78, 5) is 16.8. The second kappa shape index (κ2) is 6.18. The zero-order valence-corrected chi connectivity index (χ0v) is 13.9. The molecule has 0 radical (unpaired) electrons. The van der Waals surface area contributed by atoms with Gasteiger partial charge in [0.15, 0.2) is 0 Å². The zero-order chi connectivity index (χ0) is 15.6. The molecular formula is C16H28N4O. The summed E-state index contributed by atoms with van der Waals surface area (Å²) in [5.74, 6) is 1.20. The van der Waals surface area contributed by atoms with Crippen LogP contribution in [-0.2, 0) is 29.7 Å². The summed E-state index contributed by atoms with van der Waals surface area (Å²) in [5.41, 5.74) is 2.44. The third kappa shape index (κ3) is 3.84. The number of carbonyl (C=O) groups is 1. The number of imidazole rings is 1. The SMILES string of the molecule is CC(C)NC(=O)CCn1c(C(C)(C)C)nc2c1CCNC2. The van der Waals surface area contributed by atoms with Crippen LogP contribution in [0.1, 0.15) is 58.3 Å². The van der Waals surface area contributed by atoms with Gasteiger partial charge in [0.05, 0.1) is 5.69 Å². The minimum Gasteiger partial charge on any atom is -0.354 e. The van der Waals surface area contributed by atoms with Crippen LogP contribution in [0, 0.1) is 0 Å². The molecule has 0 atom stereocenters. The molecule has 0 saturated carbocycles. The summed E-state index contributed by atoms with van der Waals surface area (Å²) in [7, 11) is 0. The summed E-state index contributed by atoms with van der Waals surface area (Å²) in [6, 6.07) is 0.195. The van der Waals surface area contributed by atoms with E-state index >= 15 is 0 Å². The summed E-state index contributed by atoms with van der Waals surface area (Å²) in [5, 5.41) is 6.33. The fourth-order valence-electron chi connectivity index (χ4n) is 2.79. The molecule has 118 valence electrons. The Hall–Kier alpha value is -1.36. The van der Waals surface area contributed by atoms with Gasteiger partial charge in [-0.05, 0) is 13.8 Å². The number of rotatable bonds is 4. The van der Waals surface area contributed by atoms with Crippen molar-refractivity contribution in [1.82, 2.24) is 20.2 Å². The van der Waals surface area contributed by atoms with Gasteiger partial charge in [-0.1, -0.05) is 20.8 Å². The number of carbonyl (C=O) groups excluding carboxylic acids is 1. The first kappa shape index (κ1) is 16.0. The summed E-state index contributed by atoms with van der Waals surface area (Å²) in [6.07, 6.45) is 1.50. The van der Waals surface area contributed by atoms with E-state index in [1.165, 1.54) is 5.69 Å². The second-order valence-electron chi connectivity index (χ2n) is 7.13. The number of aromatic nitrogens is 2. The molecule has 0 bridgehead atoms. The Balaban J connectivity index is 2.20. The van der Waals surface area contributed by atoms with E-state index < -0.39 is 0 Å². The van der Waals surface area contributed by atoms with Crippen LogP contribution < -0.4 is 10.6 Å². The quantitative estimate of drug-likeness (QED) is 0.889. The van der Waals surface area contributed by atoms with Crippen molar-refractivity contribution >= 4 is 5.91 Å². The number of nitrogens with one attached hydrogen (secondary N) is 2. The Kier molecular flexibility index (Phi) is 4.71. The van der Waals surface area contributed by atoms with E-state index in [1.807, 2.05) is 13.8 Å². The lowest BCUT2D eigenvalue weighted by atomic mass is 9.95. The normalized spacial score (nSPS) is 15.1. The van der Waals surface area contributed by atoms with E-state index in [2.05, 4.69) is 36.0 Å². The first-order valence-electron chi connectivity index (χ1n) is 7.88. The van der Waals surface area contributed by atoms with Crippen LogP contribution >= 0.6 is 0 Å². The van der Waals surface area contributed by atoms with E-state index in [1.54, 1.807) is 0 Å². The van der Waals surface area contributed by atoms with Crippen LogP contribution in [0.15, 0.2) is 0 Å². The molecule has 1 aliphatic rings. The Morgan fingerprint density at radius 2 is 2.14 bits per heavy atom. The first-order valence-corrected chi connectivity index (χ1v) is 7.88. The van der Waals surface area contributed by atoms with Crippen LogP contribution in [0.25, 0.3) is 0 Å². The lowest BCUT2D eigenvalue weighted by molar-refractivity contribution is -0.121. The van der Waals surface area contributed by atoms with E-state index in [4.69, 9.17) is 4.98 Å². The maximum atomic E-state index is 11.9. The van der Waals surface area contributed by atoms with Gasteiger partial charge in [0.2, 0.25) is 5.91 Å². The molecule has 1 aromatic heterocycles. The van der Waals surface area contributed by atoms with Gasteiger partial charge in [0.1, 0.15) is 5.82 Å². The molecule has 2 heterocycles. The van der Waals surface area contributed by atoms with Crippen molar-refractivity contribution < 1.29 is 4.79 Å². The highest BCUT2D eigenvalue weighted by Gasteiger charge is 2.27. The number of hydrogen-bond acceptors (Lipinski definition) is 3. The molecule has 0 aromatic carbocycles. The van der Waals surface area contributed by atoms with E-state index in [9.17, 15) is 4.79 Å². The van der Waals surface area contributed by atoms with Crippen molar-refractivity contribution in [2.24, 2.45) is 0 Å². The highest BCUT2D eigenvalue weighted by atomic mass is 16.1. The van der Waals surface area contributed by atoms with E-state index in [0.29, 0.717) is 13.0 Å². The summed E-state index contributed by atoms with van der Waals surface area (Å²) < 4.78 is 2.27. The van der Waals surface area contributed by atoms with Crippen LogP contribution in [0.2, 0.25) is 0 Å². The average Bonchev–Trinajstić information content (AvgIpc) is 2.74. The second-order valence-corrected chi connectivity index (χ2v) is 7.13. The van der Waals surface area contributed by atoms with Crippen molar-refractivity contribution in [2.75, 3.05) is 6.54 Å². The molecule has 2 N–H and O–H groups in total. The van der Waals surface area contributed by atoms with Crippen LogP contribution in [0.3, 0.4) is 0 Å². The molecular weight excluding hydrogens is 264 g/mol. The third-order valence-corrected chi connectivity index (χ3v) is 3.67. The minimum absolute atomic E-state index is 0.00807. The smallest absolute Gasteiger partial charge is 0.221 e. The molecule has 5 nitrogen and oxygen atoms in total. The standard InChI is InChI=1S/C16H28N4O/c1-11(2)18-14(21)7-9-20-13-6-8-17-10-12(13)19-15(20)16(3,4)5/h11,17H,6-10H2,1-5H3,(H,18,21). The number of amides is 1.